The van der Waals surface area contributed by atoms with Gasteiger partial charge < -0.3 is 11.1 Å². The van der Waals surface area contributed by atoms with Crippen molar-refractivity contribution in [3.8, 4) is 0 Å². The molecule has 0 aromatic rings. The first-order valence-electron chi connectivity index (χ1n) is 6.50. The molecule has 0 aromatic heterocycles. The van der Waals surface area contributed by atoms with Gasteiger partial charge in [0.25, 0.3) is 0 Å². The second-order valence-electron chi connectivity index (χ2n) is 5.40. The highest BCUT2D eigenvalue weighted by atomic mass is 33.1. The van der Waals surface area contributed by atoms with Crippen LogP contribution in [0, 0.1) is 0 Å². The summed E-state index contributed by atoms with van der Waals surface area (Å²) in [6.07, 6.45) is 7.93. The van der Waals surface area contributed by atoms with Gasteiger partial charge in [0.05, 0.1) is 0 Å². The topological polar surface area (TPSA) is 38.0 Å². The van der Waals surface area contributed by atoms with E-state index in [2.05, 4.69) is 33.8 Å². The largest absolute Gasteiger partial charge is 0.327 e. The van der Waals surface area contributed by atoms with Crippen LogP contribution in [-0.4, -0.2) is 29.1 Å². The fourth-order valence-corrected chi connectivity index (χ4v) is 6.02. The zero-order valence-electron chi connectivity index (χ0n) is 10.2. The molecule has 16 heavy (non-hydrogen) atoms. The van der Waals surface area contributed by atoms with Crippen LogP contribution in [0.1, 0.15) is 45.4 Å². The summed E-state index contributed by atoms with van der Waals surface area (Å²) >= 11 is 0. The smallest absolute Gasteiger partial charge is 0.0360 e. The maximum atomic E-state index is 6.19. The molecule has 0 bridgehead atoms. The van der Waals surface area contributed by atoms with E-state index in [4.69, 9.17) is 5.73 Å². The van der Waals surface area contributed by atoms with Crippen molar-refractivity contribution in [2.45, 2.75) is 61.5 Å². The van der Waals surface area contributed by atoms with E-state index < -0.39 is 0 Å². The van der Waals surface area contributed by atoms with E-state index in [1.54, 1.807) is 0 Å². The Morgan fingerprint density at radius 1 is 1.25 bits per heavy atom. The van der Waals surface area contributed by atoms with Crippen LogP contribution in [0.15, 0.2) is 0 Å². The quantitative estimate of drug-likeness (QED) is 0.765. The Morgan fingerprint density at radius 2 is 2.06 bits per heavy atom. The Labute approximate surface area is 107 Å². The van der Waals surface area contributed by atoms with Gasteiger partial charge in [0.2, 0.25) is 0 Å². The van der Waals surface area contributed by atoms with Gasteiger partial charge in [0, 0.05) is 22.6 Å². The predicted molar refractivity (Wildman–Crippen MR) is 75.9 cm³/mol. The number of piperidine rings is 1. The van der Waals surface area contributed by atoms with Gasteiger partial charge in [-0.25, -0.2) is 0 Å². The number of hydrogen-bond acceptors (Lipinski definition) is 4. The predicted octanol–water partition coefficient (Wildman–Crippen LogP) is 2.78. The molecule has 0 radical (unpaired) electrons. The van der Waals surface area contributed by atoms with Crippen molar-refractivity contribution in [3.63, 3.8) is 0 Å². The van der Waals surface area contributed by atoms with Gasteiger partial charge in [-0.3, -0.25) is 0 Å². The van der Waals surface area contributed by atoms with Gasteiger partial charge in [0.1, 0.15) is 0 Å². The lowest BCUT2D eigenvalue weighted by Crippen LogP contribution is -2.41. The van der Waals surface area contributed by atoms with Gasteiger partial charge in [-0.05, 0) is 39.2 Å². The number of hydrogen-bond donors (Lipinski definition) is 2. The van der Waals surface area contributed by atoms with Crippen LogP contribution in [-0.2, 0) is 0 Å². The minimum Gasteiger partial charge on any atom is -0.327 e. The van der Waals surface area contributed by atoms with Crippen LogP contribution in [0.5, 0.6) is 0 Å². The van der Waals surface area contributed by atoms with E-state index in [-0.39, 0.29) is 0 Å². The Balaban J connectivity index is 1.76. The van der Waals surface area contributed by atoms with E-state index >= 15 is 0 Å². The molecule has 2 rings (SSSR count). The van der Waals surface area contributed by atoms with E-state index in [9.17, 15) is 0 Å². The summed E-state index contributed by atoms with van der Waals surface area (Å²) < 4.78 is 0.431. The summed E-state index contributed by atoms with van der Waals surface area (Å²) in [7, 11) is 4.15. The first-order chi connectivity index (χ1) is 7.70. The first-order valence-corrected chi connectivity index (χ1v) is 8.72. The van der Waals surface area contributed by atoms with Crippen LogP contribution in [0.25, 0.3) is 0 Å². The van der Waals surface area contributed by atoms with Gasteiger partial charge in [-0.15, -0.1) is 0 Å². The molecule has 1 aliphatic heterocycles. The van der Waals surface area contributed by atoms with Crippen LogP contribution in [0.2, 0.25) is 0 Å². The van der Waals surface area contributed by atoms with Crippen LogP contribution in [0.4, 0.5) is 0 Å². The van der Waals surface area contributed by atoms with Crippen molar-refractivity contribution < 1.29 is 0 Å². The monoisotopic (exact) mass is 260 g/mol. The fourth-order valence-electron chi connectivity index (χ4n) is 2.52. The molecule has 1 unspecified atom stereocenters. The van der Waals surface area contributed by atoms with Gasteiger partial charge in [0.15, 0.2) is 0 Å². The molecule has 0 amide bonds. The lowest BCUT2D eigenvalue weighted by atomic mass is 9.96. The molecular formula is C12H24N2S2. The van der Waals surface area contributed by atoms with Crippen molar-refractivity contribution in [1.29, 1.82) is 0 Å². The lowest BCUT2D eigenvalue weighted by molar-refractivity contribution is 0.441. The summed E-state index contributed by atoms with van der Waals surface area (Å²) in [5.74, 6) is 0. The third kappa shape index (κ3) is 3.56. The maximum Gasteiger partial charge on any atom is 0.0360 e. The summed E-state index contributed by atoms with van der Waals surface area (Å²) in [4.78, 5) is 0. The van der Waals surface area contributed by atoms with Crippen molar-refractivity contribution in [1.82, 2.24) is 5.32 Å². The van der Waals surface area contributed by atoms with Gasteiger partial charge >= 0.3 is 0 Å². The molecule has 3 atom stereocenters. The highest BCUT2D eigenvalue weighted by Crippen LogP contribution is 2.45. The minimum absolute atomic E-state index is 0.431. The second kappa shape index (κ2) is 5.98. The lowest BCUT2D eigenvalue weighted by Gasteiger charge is -2.35. The van der Waals surface area contributed by atoms with Crippen LogP contribution < -0.4 is 11.1 Å². The Morgan fingerprint density at radius 3 is 2.75 bits per heavy atom. The molecule has 1 saturated carbocycles. The molecule has 4 heteroatoms. The molecule has 0 spiro atoms. The van der Waals surface area contributed by atoms with E-state index in [1.165, 1.54) is 45.1 Å². The fraction of sp³-hybridized carbons (Fsp3) is 1.00. The van der Waals surface area contributed by atoms with Crippen molar-refractivity contribution in [3.05, 3.63) is 0 Å². The highest BCUT2D eigenvalue weighted by molar-refractivity contribution is 8.77. The van der Waals surface area contributed by atoms with E-state index in [0.29, 0.717) is 16.0 Å². The summed E-state index contributed by atoms with van der Waals surface area (Å²) in [5.41, 5.74) is 6.19. The Bertz CT molecular complexity index is 217. The zero-order valence-corrected chi connectivity index (χ0v) is 11.8. The Kier molecular flexibility index (Phi) is 4.89. The first kappa shape index (κ1) is 13.1. The molecular weight excluding hydrogens is 236 g/mol. The van der Waals surface area contributed by atoms with Gasteiger partial charge in [-0.2, -0.15) is 0 Å². The molecule has 94 valence electrons. The van der Waals surface area contributed by atoms with Gasteiger partial charge in [-0.1, -0.05) is 34.4 Å². The summed E-state index contributed by atoms with van der Waals surface area (Å²) in [6.45, 7) is 4.75. The number of nitrogens with two attached hydrogens (primary N) is 1. The molecule has 1 heterocycles. The third-order valence-electron chi connectivity index (χ3n) is 3.68. The van der Waals surface area contributed by atoms with Crippen LogP contribution >= 0.6 is 21.6 Å². The van der Waals surface area contributed by atoms with Crippen molar-refractivity contribution in [2.75, 3.05) is 13.1 Å². The Hall–Kier alpha value is 0.620. The maximum absolute atomic E-state index is 6.19. The average Bonchev–Trinajstić information content (AvgIpc) is 2.29. The average molecular weight is 260 g/mol. The molecule has 2 nitrogen and oxygen atoms in total. The molecule has 2 fully saturated rings. The molecule has 2 aliphatic rings. The second-order valence-corrected chi connectivity index (χ2v) is 8.42. The SMILES string of the molecule is CC1(SS[C@H]2CCCC[C@H]2N)CCCNC1. The highest BCUT2D eigenvalue weighted by Gasteiger charge is 2.31. The van der Waals surface area contributed by atoms with Crippen molar-refractivity contribution >= 4 is 21.6 Å². The minimum atomic E-state index is 0.431. The number of nitrogens with one attached hydrogen (secondary N) is 1. The van der Waals surface area contributed by atoms with E-state index in [1.807, 2.05) is 0 Å². The molecule has 3 N–H and O–H groups in total. The summed E-state index contributed by atoms with van der Waals surface area (Å²) in [6, 6.07) is 0.436. The number of rotatable bonds is 3. The summed E-state index contributed by atoms with van der Waals surface area (Å²) in [5, 5.41) is 4.20. The molecule has 1 saturated heterocycles. The molecule has 1 aliphatic carbocycles. The normalized spacial score (nSPS) is 40.9. The standard InChI is InChI=1S/C12H24N2S2/c1-12(7-4-8-14-9-12)16-15-11-6-3-2-5-10(11)13/h10-11,14H,2-9,13H2,1H3/t10-,11+,12?/m1/s1. The van der Waals surface area contributed by atoms with E-state index in [0.717, 1.165) is 6.54 Å². The van der Waals surface area contributed by atoms with Crippen molar-refractivity contribution in [2.24, 2.45) is 5.73 Å². The molecule has 0 aromatic carbocycles. The third-order valence-corrected chi connectivity index (χ3v) is 7.60. The zero-order chi connectivity index (χ0) is 11.4. The van der Waals surface area contributed by atoms with Crippen LogP contribution in [0.3, 0.4) is 0 Å².